The lowest BCUT2D eigenvalue weighted by Crippen LogP contribution is -2.33. The van der Waals surface area contributed by atoms with Crippen LogP contribution < -0.4 is 0 Å². The van der Waals surface area contributed by atoms with Crippen LogP contribution in [-0.2, 0) is 9.53 Å². The molecule has 1 aliphatic heterocycles. The Morgan fingerprint density at radius 1 is 1.50 bits per heavy atom. The van der Waals surface area contributed by atoms with Crippen molar-refractivity contribution in [2.24, 2.45) is 0 Å². The summed E-state index contributed by atoms with van der Waals surface area (Å²) in [6, 6.07) is 6.42. The largest absolute Gasteiger partial charge is 0.375 e. The molecule has 0 spiro atoms. The molecule has 1 fully saturated rings. The van der Waals surface area contributed by atoms with E-state index in [0.29, 0.717) is 0 Å². The molecule has 0 aromatic heterocycles. The van der Waals surface area contributed by atoms with Gasteiger partial charge in [-0.05, 0) is 25.0 Å². The van der Waals surface area contributed by atoms with Gasteiger partial charge in [-0.1, -0.05) is 23.8 Å². The molecule has 0 aliphatic carbocycles. The fraction of sp³-hybridized carbons (Fsp3) is 0.500. The second kappa shape index (κ2) is 5.76. The van der Waals surface area contributed by atoms with Crippen molar-refractivity contribution in [3.8, 4) is 0 Å². The minimum atomic E-state index is 0.0764. The van der Waals surface area contributed by atoms with Crippen molar-refractivity contribution in [3.05, 3.63) is 34.9 Å². The molecule has 0 N–H and O–H groups in total. The number of aryl methyl sites for hydroxylation is 2. The van der Waals surface area contributed by atoms with Gasteiger partial charge in [0.1, 0.15) is 12.0 Å². The van der Waals surface area contributed by atoms with Gasteiger partial charge in [0.25, 0.3) is 0 Å². The van der Waals surface area contributed by atoms with Gasteiger partial charge in [-0.15, -0.1) is 11.8 Å². The highest BCUT2D eigenvalue weighted by molar-refractivity contribution is 7.99. The molecule has 1 amide bonds. The minimum absolute atomic E-state index is 0.0764. The molecule has 98 valence electrons. The third-order valence-corrected chi connectivity index (χ3v) is 4.41. The molecular weight excluding hydrogens is 246 g/mol. The van der Waals surface area contributed by atoms with E-state index >= 15 is 0 Å². The van der Waals surface area contributed by atoms with Gasteiger partial charge < -0.3 is 9.64 Å². The van der Waals surface area contributed by atoms with Gasteiger partial charge in [-0.25, -0.2) is 0 Å². The molecule has 1 heterocycles. The first-order chi connectivity index (χ1) is 8.63. The third-order valence-electron chi connectivity index (χ3n) is 3.17. The summed E-state index contributed by atoms with van der Waals surface area (Å²) in [4.78, 5) is 13.9. The smallest absolute Gasteiger partial charge is 0.249 e. The van der Waals surface area contributed by atoms with Gasteiger partial charge in [-0.2, -0.15) is 0 Å². The third kappa shape index (κ3) is 2.70. The molecule has 0 radical (unpaired) electrons. The van der Waals surface area contributed by atoms with Crippen molar-refractivity contribution in [1.29, 1.82) is 0 Å². The number of methoxy groups -OCH3 is 1. The van der Waals surface area contributed by atoms with Crippen molar-refractivity contribution >= 4 is 17.7 Å². The Hall–Kier alpha value is -1.00. The summed E-state index contributed by atoms with van der Waals surface area (Å²) in [6.45, 7) is 5.18. The highest BCUT2D eigenvalue weighted by Gasteiger charge is 2.31. The highest BCUT2D eigenvalue weighted by atomic mass is 32.2. The molecule has 0 saturated carbocycles. The number of amides is 1. The van der Waals surface area contributed by atoms with E-state index in [1.54, 1.807) is 7.11 Å². The van der Waals surface area contributed by atoms with Gasteiger partial charge in [0.15, 0.2) is 0 Å². The zero-order valence-corrected chi connectivity index (χ0v) is 11.9. The predicted octanol–water partition coefficient (Wildman–Crippen LogP) is 2.52. The fourth-order valence-corrected chi connectivity index (χ4v) is 3.66. The summed E-state index contributed by atoms with van der Waals surface area (Å²) in [7, 11) is 1.56. The molecule has 1 aliphatic rings. The molecule has 3 nitrogen and oxygen atoms in total. The maximum Gasteiger partial charge on any atom is 0.249 e. The molecule has 2 rings (SSSR count). The molecule has 18 heavy (non-hydrogen) atoms. The van der Waals surface area contributed by atoms with Crippen LogP contribution >= 0.6 is 11.8 Å². The van der Waals surface area contributed by atoms with Crippen LogP contribution in [0, 0.1) is 13.8 Å². The lowest BCUT2D eigenvalue weighted by Gasteiger charge is -2.25. The molecule has 1 aromatic carbocycles. The van der Waals surface area contributed by atoms with Crippen LogP contribution in [0.5, 0.6) is 0 Å². The quantitative estimate of drug-likeness (QED) is 0.841. The monoisotopic (exact) mass is 265 g/mol. The van der Waals surface area contributed by atoms with E-state index in [1.165, 1.54) is 16.7 Å². The average molecular weight is 265 g/mol. The SMILES string of the molecule is COCC(=O)N1CCSC1c1ccc(C)cc1C. The maximum atomic E-state index is 12.0. The van der Waals surface area contributed by atoms with E-state index in [1.807, 2.05) is 16.7 Å². The van der Waals surface area contributed by atoms with E-state index in [4.69, 9.17) is 4.74 Å². The van der Waals surface area contributed by atoms with Crippen LogP contribution in [0.25, 0.3) is 0 Å². The zero-order chi connectivity index (χ0) is 13.1. The first-order valence-electron chi connectivity index (χ1n) is 6.10. The lowest BCUT2D eigenvalue weighted by atomic mass is 10.1. The topological polar surface area (TPSA) is 29.5 Å². The number of nitrogens with zero attached hydrogens (tertiary/aromatic N) is 1. The van der Waals surface area contributed by atoms with Crippen LogP contribution in [0.2, 0.25) is 0 Å². The molecule has 1 unspecified atom stereocenters. The number of thioether (sulfide) groups is 1. The Morgan fingerprint density at radius 3 is 2.94 bits per heavy atom. The first kappa shape index (κ1) is 13.4. The number of hydrogen-bond acceptors (Lipinski definition) is 3. The van der Waals surface area contributed by atoms with Crippen LogP contribution in [-0.4, -0.2) is 36.8 Å². The van der Waals surface area contributed by atoms with Gasteiger partial charge in [-0.3, -0.25) is 4.79 Å². The van der Waals surface area contributed by atoms with Crippen LogP contribution in [0.3, 0.4) is 0 Å². The Balaban J connectivity index is 2.23. The zero-order valence-electron chi connectivity index (χ0n) is 11.1. The first-order valence-corrected chi connectivity index (χ1v) is 7.15. The van der Waals surface area contributed by atoms with E-state index < -0.39 is 0 Å². The molecule has 1 saturated heterocycles. The maximum absolute atomic E-state index is 12.0. The number of benzene rings is 1. The summed E-state index contributed by atoms with van der Waals surface area (Å²) in [5.41, 5.74) is 3.76. The number of hydrogen-bond donors (Lipinski definition) is 0. The van der Waals surface area contributed by atoms with Gasteiger partial charge in [0.2, 0.25) is 5.91 Å². The van der Waals surface area contributed by atoms with E-state index in [2.05, 4.69) is 32.0 Å². The second-order valence-corrected chi connectivity index (χ2v) is 5.79. The molecule has 0 bridgehead atoms. The lowest BCUT2D eigenvalue weighted by molar-refractivity contribution is -0.135. The summed E-state index contributed by atoms with van der Waals surface area (Å²) < 4.78 is 4.95. The van der Waals surface area contributed by atoms with Crippen LogP contribution in [0.15, 0.2) is 18.2 Å². The van der Waals surface area contributed by atoms with E-state index in [0.717, 1.165) is 12.3 Å². The van der Waals surface area contributed by atoms with Gasteiger partial charge >= 0.3 is 0 Å². The Morgan fingerprint density at radius 2 is 2.28 bits per heavy atom. The molecule has 1 atom stereocenters. The summed E-state index contributed by atoms with van der Waals surface area (Å²) >= 11 is 1.83. The standard InChI is InChI=1S/C14H19NO2S/c1-10-4-5-12(11(2)8-10)14-15(6-7-18-14)13(16)9-17-3/h4-5,8,14H,6-7,9H2,1-3H3. The Kier molecular flexibility index (Phi) is 4.30. The summed E-state index contributed by atoms with van der Waals surface area (Å²) in [5.74, 6) is 1.07. The van der Waals surface area contributed by atoms with Crippen LogP contribution in [0.4, 0.5) is 0 Å². The molecule has 1 aromatic rings. The molecule has 4 heteroatoms. The van der Waals surface area contributed by atoms with E-state index in [-0.39, 0.29) is 17.9 Å². The van der Waals surface area contributed by atoms with Crippen molar-refractivity contribution in [3.63, 3.8) is 0 Å². The molecular formula is C14H19NO2S. The Labute approximate surface area is 113 Å². The summed E-state index contributed by atoms with van der Waals surface area (Å²) in [6.07, 6.45) is 0. The van der Waals surface area contributed by atoms with E-state index in [9.17, 15) is 4.79 Å². The normalized spacial score (nSPS) is 19.3. The van der Waals surface area contributed by atoms with Crippen molar-refractivity contribution in [2.75, 3.05) is 26.0 Å². The van der Waals surface area contributed by atoms with Crippen molar-refractivity contribution < 1.29 is 9.53 Å². The average Bonchev–Trinajstić information content (AvgIpc) is 2.78. The Bertz CT molecular complexity index is 447. The number of carbonyl (C=O) groups excluding carboxylic acids is 1. The second-order valence-electron chi connectivity index (χ2n) is 4.60. The number of ether oxygens (including phenoxy) is 1. The number of rotatable bonds is 3. The summed E-state index contributed by atoms with van der Waals surface area (Å²) in [5, 5.41) is 0.147. The van der Waals surface area contributed by atoms with Gasteiger partial charge in [0.05, 0.1) is 0 Å². The van der Waals surface area contributed by atoms with Crippen LogP contribution in [0.1, 0.15) is 22.1 Å². The van der Waals surface area contributed by atoms with Gasteiger partial charge in [0, 0.05) is 19.4 Å². The number of carbonyl (C=O) groups is 1. The van der Waals surface area contributed by atoms with Crippen molar-refractivity contribution in [2.45, 2.75) is 19.2 Å². The fourth-order valence-electron chi connectivity index (χ4n) is 2.29. The minimum Gasteiger partial charge on any atom is -0.375 e. The predicted molar refractivity (Wildman–Crippen MR) is 74.7 cm³/mol. The van der Waals surface area contributed by atoms with Crippen molar-refractivity contribution in [1.82, 2.24) is 4.90 Å². The highest BCUT2D eigenvalue weighted by Crippen LogP contribution is 2.39.